The van der Waals surface area contributed by atoms with Crippen LogP contribution in [0.1, 0.15) is 33.6 Å². The minimum absolute atomic E-state index is 0.0977. The number of nitrogens with one attached hydrogen (secondary N) is 1. The fourth-order valence-corrected chi connectivity index (χ4v) is 1.86. The maximum absolute atomic E-state index is 11.9. The van der Waals surface area contributed by atoms with Crippen LogP contribution in [-0.4, -0.2) is 23.0 Å². The molecule has 0 fully saturated rings. The molecule has 1 atom stereocenters. The average Bonchev–Trinajstić information content (AvgIpc) is 2.38. The van der Waals surface area contributed by atoms with E-state index >= 15 is 0 Å². The van der Waals surface area contributed by atoms with Gasteiger partial charge in [0.25, 0.3) is 5.91 Å². The SMILES string of the molecule is CCC(CC)NC(=O)C(C)Oc1cccnc1Br. The van der Waals surface area contributed by atoms with Gasteiger partial charge in [0, 0.05) is 12.2 Å². The summed E-state index contributed by atoms with van der Waals surface area (Å²) < 4.78 is 6.18. The van der Waals surface area contributed by atoms with Crippen molar-refractivity contribution in [1.82, 2.24) is 10.3 Å². The van der Waals surface area contributed by atoms with Crippen LogP contribution < -0.4 is 10.1 Å². The van der Waals surface area contributed by atoms with Crippen molar-refractivity contribution in [2.45, 2.75) is 45.8 Å². The van der Waals surface area contributed by atoms with Crippen LogP contribution >= 0.6 is 15.9 Å². The van der Waals surface area contributed by atoms with Crippen LogP contribution in [0.4, 0.5) is 0 Å². The smallest absolute Gasteiger partial charge is 0.260 e. The standard InChI is InChI=1S/C13H19BrN2O2/c1-4-10(5-2)16-13(17)9(3)18-11-7-6-8-15-12(11)14/h6-10H,4-5H2,1-3H3,(H,16,17). The second kappa shape index (κ2) is 7.36. The predicted molar refractivity (Wildman–Crippen MR) is 74.5 cm³/mol. The molecule has 0 saturated heterocycles. The highest BCUT2D eigenvalue weighted by molar-refractivity contribution is 9.10. The van der Waals surface area contributed by atoms with Crippen molar-refractivity contribution in [2.24, 2.45) is 0 Å². The van der Waals surface area contributed by atoms with Crippen LogP contribution in [0.2, 0.25) is 0 Å². The number of carbonyl (C=O) groups excluding carboxylic acids is 1. The summed E-state index contributed by atoms with van der Waals surface area (Å²) in [6.07, 6.45) is 2.97. The predicted octanol–water partition coefficient (Wildman–Crippen LogP) is 2.92. The molecule has 0 radical (unpaired) electrons. The number of amides is 1. The number of pyridine rings is 1. The lowest BCUT2D eigenvalue weighted by Crippen LogP contribution is -2.42. The summed E-state index contributed by atoms with van der Waals surface area (Å²) in [7, 11) is 0. The van der Waals surface area contributed by atoms with Crippen LogP contribution in [0, 0.1) is 0 Å². The number of rotatable bonds is 6. The molecule has 5 heteroatoms. The lowest BCUT2D eigenvalue weighted by Gasteiger charge is -2.19. The number of ether oxygens (including phenoxy) is 1. The Morgan fingerprint density at radius 2 is 2.17 bits per heavy atom. The zero-order valence-electron chi connectivity index (χ0n) is 10.9. The third kappa shape index (κ3) is 4.29. The van der Waals surface area contributed by atoms with Gasteiger partial charge in [0.2, 0.25) is 0 Å². The van der Waals surface area contributed by atoms with E-state index in [4.69, 9.17) is 4.74 Å². The Morgan fingerprint density at radius 3 is 2.72 bits per heavy atom. The molecule has 1 N–H and O–H groups in total. The minimum Gasteiger partial charge on any atom is -0.478 e. The largest absolute Gasteiger partial charge is 0.478 e. The van der Waals surface area contributed by atoms with E-state index in [0.29, 0.717) is 10.4 Å². The first-order valence-electron chi connectivity index (χ1n) is 6.16. The molecule has 0 aliphatic heterocycles. The van der Waals surface area contributed by atoms with Crippen molar-refractivity contribution >= 4 is 21.8 Å². The molecule has 1 rings (SSSR count). The van der Waals surface area contributed by atoms with Gasteiger partial charge in [0.05, 0.1) is 0 Å². The second-order valence-corrected chi connectivity index (χ2v) is 4.83. The van der Waals surface area contributed by atoms with Crippen LogP contribution in [0.5, 0.6) is 5.75 Å². The molecule has 1 amide bonds. The lowest BCUT2D eigenvalue weighted by molar-refractivity contribution is -0.128. The van der Waals surface area contributed by atoms with E-state index in [1.807, 2.05) is 0 Å². The Labute approximate surface area is 116 Å². The number of aromatic nitrogens is 1. The van der Waals surface area contributed by atoms with Crippen molar-refractivity contribution in [3.8, 4) is 5.75 Å². The Hall–Kier alpha value is -1.10. The number of hydrogen-bond donors (Lipinski definition) is 1. The number of halogens is 1. The van der Waals surface area contributed by atoms with Crippen molar-refractivity contribution in [3.05, 3.63) is 22.9 Å². The summed E-state index contributed by atoms with van der Waals surface area (Å²) >= 11 is 3.28. The highest BCUT2D eigenvalue weighted by Gasteiger charge is 2.18. The van der Waals surface area contributed by atoms with Crippen LogP contribution in [-0.2, 0) is 4.79 Å². The molecule has 0 bridgehead atoms. The van der Waals surface area contributed by atoms with Gasteiger partial charge in [-0.3, -0.25) is 4.79 Å². The van der Waals surface area contributed by atoms with E-state index in [1.54, 1.807) is 25.3 Å². The van der Waals surface area contributed by atoms with E-state index in [-0.39, 0.29) is 11.9 Å². The summed E-state index contributed by atoms with van der Waals surface area (Å²) in [6, 6.07) is 3.75. The lowest BCUT2D eigenvalue weighted by atomic mass is 10.1. The third-order valence-electron chi connectivity index (χ3n) is 2.73. The van der Waals surface area contributed by atoms with E-state index in [9.17, 15) is 4.79 Å². The van der Waals surface area contributed by atoms with Gasteiger partial charge in [-0.05, 0) is 47.8 Å². The van der Waals surface area contributed by atoms with Crippen molar-refractivity contribution in [3.63, 3.8) is 0 Å². The van der Waals surface area contributed by atoms with Gasteiger partial charge >= 0.3 is 0 Å². The molecular weight excluding hydrogens is 296 g/mol. The van der Waals surface area contributed by atoms with E-state index < -0.39 is 6.10 Å². The third-order valence-corrected chi connectivity index (χ3v) is 3.33. The van der Waals surface area contributed by atoms with Crippen LogP contribution in [0.25, 0.3) is 0 Å². The molecule has 18 heavy (non-hydrogen) atoms. The summed E-state index contributed by atoms with van der Waals surface area (Å²) in [5, 5.41) is 2.96. The normalized spacial score (nSPS) is 12.3. The fraction of sp³-hybridized carbons (Fsp3) is 0.538. The van der Waals surface area contributed by atoms with Crippen molar-refractivity contribution in [1.29, 1.82) is 0 Å². The van der Waals surface area contributed by atoms with Gasteiger partial charge in [-0.15, -0.1) is 0 Å². The number of nitrogens with zero attached hydrogens (tertiary/aromatic N) is 1. The molecule has 0 aliphatic carbocycles. The quantitative estimate of drug-likeness (QED) is 0.821. The fourth-order valence-electron chi connectivity index (χ4n) is 1.51. The molecule has 1 heterocycles. The molecule has 100 valence electrons. The molecule has 1 aromatic rings. The average molecular weight is 315 g/mol. The number of carbonyl (C=O) groups is 1. The van der Waals surface area contributed by atoms with Crippen molar-refractivity contribution in [2.75, 3.05) is 0 Å². The first-order valence-corrected chi connectivity index (χ1v) is 6.95. The zero-order chi connectivity index (χ0) is 13.5. The molecule has 0 aromatic carbocycles. The first-order chi connectivity index (χ1) is 8.58. The van der Waals surface area contributed by atoms with Crippen molar-refractivity contribution < 1.29 is 9.53 Å². The Balaban J connectivity index is 2.57. The summed E-state index contributed by atoms with van der Waals surface area (Å²) in [6.45, 7) is 5.84. The van der Waals surface area contributed by atoms with E-state index in [2.05, 4.69) is 40.1 Å². The highest BCUT2D eigenvalue weighted by Crippen LogP contribution is 2.22. The molecule has 1 unspecified atom stereocenters. The van der Waals surface area contributed by atoms with Crippen LogP contribution in [0.15, 0.2) is 22.9 Å². The molecular formula is C13H19BrN2O2. The zero-order valence-corrected chi connectivity index (χ0v) is 12.5. The summed E-state index contributed by atoms with van der Waals surface area (Å²) in [5.74, 6) is 0.476. The van der Waals surface area contributed by atoms with Gasteiger partial charge in [-0.1, -0.05) is 13.8 Å². The molecule has 4 nitrogen and oxygen atoms in total. The first kappa shape index (κ1) is 15.0. The summed E-state index contributed by atoms with van der Waals surface area (Å²) in [4.78, 5) is 16.0. The molecule has 1 aromatic heterocycles. The van der Waals surface area contributed by atoms with Gasteiger partial charge in [0.1, 0.15) is 4.60 Å². The second-order valence-electron chi connectivity index (χ2n) is 4.07. The maximum Gasteiger partial charge on any atom is 0.260 e. The van der Waals surface area contributed by atoms with Gasteiger partial charge in [0.15, 0.2) is 11.9 Å². The van der Waals surface area contributed by atoms with Gasteiger partial charge in [-0.25, -0.2) is 4.98 Å². The molecule has 0 spiro atoms. The Morgan fingerprint density at radius 1 is 1.50 bits per heavy atom. The Bertz CT molecular complexity index is 394. The topological polar surface area (TPSA) is 51.2 Å². The van der Waals surface area contributed by atoms with Gasteiger partial charge < -0.3 is 10.1 Å². The minimum atomic E-state index is -0.536. The molecule has 0 saturated carbocycles. The maximum atomic E-state index is 11.9. The van der Waals surface area contributed by atoms with E-state index in [1.165, 1.54) is 0 Å². The highest BCUT2D eigenvalue weighted by atomic mass is 79.9. The van der Waals surface area contributed by atoms with Gasteiger partial charge in [-0.2, -0.15) is 0 Å². The van der Waals surface area contributed by atoms with Crippen LogP contribution in [0.3, 0.4) is 0 Å². The monoisotopic (exact) mass is 314 g/mol. The summed E-state index contributed by atoms with van der Waals surface area (Å²) in [5.41, 5.74) is 0. The number of hydrogen-bond acceptors (Lipinski definition) is 3. The van der Waals surface area contributed by atoms with E-state index in [0.717, 1.165) is 12.8 Å². The molecule has 0 aliphatic rings. The Kier molecular flexibility index (Phi) is 6.12.